The first-order valence-corrected chi connectivity index (χ1v) is 11.2. The molecule has 0 spiro atoms. The van der Waals surface area contributed by atoms with Crippen LogP contribution in [0.4, 0.5) is 11.6 Å². The van der Waals surface area contributed by atoms with Gasteiger partial charge in [-0.05, 0) is 45.7 Å². The average molecular weight is 436 g/mol. The lowest BCUT2D eigenvalue weighted by Crippen LogP contribution is -2.44. The summed E-state index contributed by atoms with van der Waals surface area (Å²) in [5, 5.41) is 4.42. The number of hydrogen-bond donors (Lipinski definition) is 1. The van der Waals surface area contributed by atoms with Crippen molar-refractivity contribution in [3.8, 4) is 5.75 Å². The monoisotopic (exact) mass is 435 g/mol. The van der Waals surface area contributed by atoms with Crippen LogP contribution in [0.2, 0.25) is 0 Å². The van der Waals surface area contributed by atoms with Crippen LogP contribution in [0.3, 0.4) is 0 Å². The number of nitrogens with two attached hydrogens (primary N) is 1. The quantitative estimate of drug-likeness (QED) is 0.675. The molecule has 2 N–H and O–H groups in total. The zero-order valence-electron chi connectivity index (χ0n) is 18.8. The van der Waals surface area contributed by atoms with E-state index < -0.39 is 5.60 Å². The standard InChI is InChI=1S/C23H29N7O2/c1-4-29-20-17(27-22(29)28-11-7-8-15(24)13-28)12-25-30(21(20)31)14-19-23(2,3)32-18-10-6-5-9-16(18)26-19/h5-6,9-10,12,15H,4,7-8,11,13-14,24H2,1-3H3. The highest BCUT2D eigenvalue weighted by Gasteiger charge is 2.33. The number of piperidine rings is 1. The SMILES string of the molecule is CCn1c(N2CCCC(N)C2)nc2cnn(CC3=Nc4ccccc4OC3(C)C)c(=O)c21. The number of hydrogen-bond acceptors (Lipinski definition) is 7. The van der Waals surface area contributed by atoms with E-state index in [0.717, 1.165) is 49.0 Å². The van der Waals surface area contributed by atoms with Crippen LogP contribution in [-0.2, 0) is 13.1 Å². The molecule has 1 fully saturated rings. The lowest BCUT2D eigenvalue weighted by atomic mass is 10.00. The van der Waals surface area contributed by atoms with Gasteiger partial charge in [-0.25, -0.2) is 14.7 Å². The highest BCUT2D eigenvalue weighted by Crippen LogP contribution is 2.36. The Kier molecular flexibility index (Phi) is 5.00. The van der Waals surface area contributed by atoms with E-state index in [2.05, 4.69) is 10.00 Å². The number of nitrogens with zero attached hydrogens (tertiary/aromatic N) is 6. The van der Waals surface area contributed by atoms with E-state index in [0.29, 0.717) is 17.6 Å². The maximum atomic E-state index is 13.5. The summed E-state index contributed by atoms with van der Waals surface area (Å²) in [6, 6.07) is 7.78. The second-order valence-corrected chi connectivity index (χ2v) is 8.98. The maximum absolute atomic E-state index is 13.5. The van der Waals surface area contributed by atoms with Crippen molar-refractivity contribution in [1.82, 2.24) is 19.3 Å². The highest BCUT2D eigenvalue weighted by atomic mass is 16.5. The van der Waals surface area contributed by atoms with Gasteiger partial charge in [0, 0.05) is 25.7 Å². The molecule has 1 saturated heterocycles. The van der Waals surface area contributed by atoms with Crippen molar-refractivity contribution in [2.24, 2.45) is 10.7 Å². The number of para-hydroxylation sites is 2. The third-order valence-corrected chi connectivity index (χ3v) is 6.27. The second-order valence-electron chi connectivity index (χ2n) is 8.98. The van der Waals surface area contributed by atoms with Crippen molar-refractivity contribution in [2.75, 3.05) is 18.0 Å². The van der Waals surface area contributed by atoms with E-state index in [1.165, 1.54) is 4.68 Å². The first-order chi connectivity index (χ1) is 15.4. The van der Waals surface area contributed by atoms with Gasteiger partial charge in [0.2, 0.25) is 5.95 Å². The maximum Gasteiger partial charge on any atom is 0.293 e. The summed E-state index contributed by atoms with van der Waals surface area (Å²) in [5.74, 6) is 1.53. The van der Waals surface area contributed by atoms with E-state index in [9.17, 15) is 4.79 Å². The lowest BCUT2D eigenvalue weighted by Gasteiger charge is -2.32. The number of aliphatic imine (C=N–C) groups is 1. The Morgan fingerprint density at radius 3 is 2.88 bits per heavy atom. The van der Waals surface area contributed by atoms with Crippen molar-refractivity contribution in [3.63, 3.8) is 0 Å². The van der Waals surface area contributed by atoms with Crippen LogP contribution in [0.25, 0.3) is 11.0 Å². The molecule has 0 saturated carbocycles. The Morgan fingerprint density at radius 1 is 1.28 bits per heavy atom. The van der Waals surface area contributed by atoms with Crippen LogP contribution < -0.4 is 20.9 Å². The molecule has 3 aromatic rings. The Hall–Kier alpha value is -3.20. The van der Waals surface area contributed by atoms with Gasteiger partial charge in [-0.1, -0.05) is 12.1 Å². The van der Waals surface area contributed by atoms with E-state index in [4.69, 9.17) is 20.4 Å². The molecule has 2 aliphatic heterocycles. The molecular weight excluding hydrogens is 406 g/mol. The Morgan fingerprint density at radius 2 is 2.09 bits per heavy atom. The first-order valence-electron chi connectivity index (χ1n) is 11.2. The predicted octanol–water partition coefficient (Wildman–Crippen LogP) is 2.48. The van der Waals surface area contributed by atoms with E-state index in [1.807, 2.05) is 49.6 Å². The third kappa shape index (κ3) is 3.46. The number of rotatable bonds is 4. The minimum atomic E-state index is -0.648. The van der Waals surface area contributed by atoms with Gasteiger partial charge >= 0.3 is 0 Å². The summed E-state index contributed by atoms with van der Waals surface area (Å²) in [7, 11) is 0. The number of imidazole rings is 1. The zero-order chi connectivity index (χ0) is 22.5. The van der Waals surface area contributed by atoms with Crippen LogP contribution in [-0.4, -0.2) is 49.8 Å². The van der Waals surface area contributed by atoms with Crippen LogP contribution in [0.1, 0.15) is 33.6 Å². The summed E-state index contributed by atoms with van der Waals surface area (Å²) in [6.45, 7) is 8.46. The number of ether oxygens (including phenoxy) is 1. The molecule has 1 aromatic carbocycles. The fraction of sp³-hybridized carbons (Fsp3) is 0.478. The van der Waals surface area contributed by atoms with Gasteiger partial charge in [0.15, 0.2) is 0 Å². The molecule has 0 amide bonds. The van der Waals surface area contributed by atoms with Crippen molar-refractivity contribution in [2.45, 2.75) is 58.3 Å². The first kappa shape index (κ1) is 20.7. The molecule has 0 radical (unpaired) electrons. The minimum Gasteiger partial charge on any atom is -0.480 e. The fourth-order valence-corrected chi connectivity index (χ4v) is 4.54. The summed E-state index contributed by atoms with van der Waals surface area (Å²) in [6.07, 6.45) is 3.70. The van der Waals surface area contributed by atoms with Crippen molar-refractivity contribution in [3.05, 3.63) is 40.8 Å². The van der Waals surface area contributed by atoms with Crippen LogP contribution >= 0.6 is 0 Å². The topological polar surface area (TPSA) is 104 Å². The van der Waals surface area contributed by atoms with Gasteiger partial charge in [-0.2, -0.15) is 5.10 Å². The number of anilines is 1. The number of aromatic nitrogens is 4. The molecule has 5 rings (SSSR count). The molecule has 2 aliphatic rings. The normalized spacial score (nSPS) is 20.1. The fourth-order valence-electron chi connectivity index (χ4n) is 4.54. The molecule has 9 heteroatoms. The highest BCUT2D eigenvalue weighted by molar-refractivity contribution is 5.96. The Bertz CT molecular complexity index is 1260. The molecule has 0 aliphatic carbocycles. The third-order valence-electron chi connectivity index (χ3n) is 6.27. The summed E-state index contributed by atoms with van der Waals surface area (Å²) in [5.41, 5.74) is 8.03. The lowest BCUT2D eigenvalue weighted by molar-refractivity contribution is 0.175. The van der Waals surface area contributed by atoms with E-state index >= 15 is 0 Å². The number of aryl methyl sites for hydroxylation is 1. The van der Waals surface area contributed by atoms with Crippen molar-refractivity contribution in [1.29, 1.82) is 0 Å². The molecule has 2 aromatic heterocycles. The van der Waals surface area contributed by atoms with Crippen LogP contribution in [0, 0.1) is 0 Å². The molecule has 1 atom stereocenters. The minimum absolute atomic E-state index is 0.123. The van der Waals surface area contributed by atoms with Crippen LogP contribution in [0.5, 0.6) is 5.75 Å². The number of benzene rings is 1. The van der Waals surface area contributed by atoms with E-state index in [-0.39, 0.29) is 18.1 Å². The molecule has 32 heavy (non-hydrogen) atoms. The molecular formula is C23H29N7O2. The van der Waals surface area contributed by atoms with Crippen molar-refractivity contribution < 1.29 is 4.74 Å². The molecule has 4 heterocycles. The van der Waals surface area contributed by atoms with Crippen LogP contribution in [0.15, 0.2) is 40.2 Å². The summed E-state index contributed by atoms with van der Waals surface area (Å²) in [4.78, 5) is 25.2. The average Bonchev–Trinajstić information content (AvgIpc) is 3.15. The molecule has 0 bridgehead atoms. The number of fused-ring (bicyclic) bond motifs is 2. The van der Waals surface area contributed by atoms with Gasteiger partial charge in [0.1, 0.15) is 28.1 Å². The van der Waals surface area contributed by atoms with E-state index in [1.54, 1.807) is 6.20 Å². The largest absolute Gasteiger partial charge is 0.480 e. The van der Waals surface area contributed by atoms with Gasteiger partial charge < -0.3 is 19.9 Å². The smallest absolute Gasteiger partial charge is 0.293 e. The van der Waals surface area contributed by atoms with Gasteiger partial charge in [-0.3, -0.25) is 4.79 Å². The summed E-state index contributed by atoms with van der Waals surface area (Å²) >= 11 is 0. The molecule has 1 unspecified atom stereocenters. The zero-order valence-corrected chi connectivity index (χ0v) is 18.8. The molecule has 9 nitrogen and oxygen atoms in total. The Labute approximate surface area is 186 Å². The Balaban J connectivity index is 1.55. The van der Waals surface area contributed by atoms with Gasteiger partial charge in [0.05, 0.1) is 18.5 Å². The second kappa shape index (κ2) is 7.74. The van der Waals surface area contributed by atoms with Crippen molar-refractivity contribution >= 4 is 28.4 Å². The van der Waals surface area contributed by atoms with Gasteiger partial charge in [-0.15, -0.1) is 0 Å². The predicted molar refractivity (Wildman–Crippen MR) is 125 cm³/mol. The summed E-state index contributed by atoms with van der Waals surface area (Å²) < 4.78 is 9.60. The molecule has 168 valence electrons. The van der Waals surface area contributed by atoms with Gasteiger partial charge in [0.25, 0.3) is 5.56 Å².